The first-order chi connectivity index (χ1) is 13.8. The van der Waals surface area contributed by atoms with Gasteiger partial charge in [-0.05, 0) is 62.8 Å². The molecule has 1 aliphatic carbocycles. The Labute approximate surface area is 172 Å². The fraction of sp³-hybridized carbons (Fsp3) is 0.565. The summed E-state index contributed by atoms with van der Waals surface area (Å²) in [5.74, 6) is 0.257. The smallest absolute Gasteiger partial charge is 0.344 e. The molecule has 0 radical (unpaired) electrons. The summed E-state index contributed by atoms with van der Waals surface area (Å²) < 4.78 is 6.36. The van der Waals surface area contributed by atoms with Gasteiger partial charge in [0.15, 0.2) is 0 Å². The summed E-state index contributed by atoms with van der Waals surface area (Å²) >= 11 is 0. The summed E-state index contributed by atoms with van der Waals surface area (Å²) in [5, 5.41) is 23.2. The van der Waals surface area contributed by atoms with E-state index in [2.05, 4.69) is 38.1 Å². The summed E-state index contributed by atoms with van der Waals surface area (Å²) in [7, 11) is 0. The summed E-state index contributed by atoms with van der Waals surface area (Å²) in [5.41, 5.74) is 2.58. The van der Waals surface area contributed by atoms with Gasteiger partial charge in [-0.15, -0.1) is 0 Å². The minimum Gasteiger partial charge on any atom is -0.507 e. The first-order valence-electron chi connectivity index (χ1n) is 10.4. The number of rotatable bonds is 8. The first-order valence-corrected chi connectivity index (χ1v) is 10.4. The van der Waals surface area contributed by atoms with Crippen LogP contribution in [0.15, 0.2) is 28.9 Å². The molecule has 0 bridgehead atoms. The zero-order chi connectivity index (χ0) is 21.0. The number of aryl methyl sites for hydroxylation is 1. The minimum absolute atomic E-state index is 0.0214. The Kier molecular flexibility index (Phi) is 6.50. The van der Waals surface area contributed by atoms with Gasteiger partial charge in [-0.1, -0.05) is 31.0 Å². The lowest BCUT2D eigenvalue weighted by Gasteiger charge is -2.46. The molecule has 158 valence electrons. The average molecular weight is 402 g/mol. The summed E-state index contributed by atoms with van der Waals surface area (Å²) in [4.78, 5) is 15.3. The number of carboxylic acids is 1. The maximum Gasteiger partial charge on any atom is 0.344 e. The van der Waals surface area contributed by atoms with Gasteiger partial charge in [0.05, 0.1) is 6.21 Å². The largest absolute Gasteiger partial charge is 0.507 e. The Balaban J connectivity index is 1.88. The number of hydrogen-bond acceptors (Lipinski definition) is 5. The van der Waals surface area contributed by atoms with E-state index in [-0.39, 0.29) is 23.2 Å². The third-order valence-corrected chi connectivity index (χ3v) is 5.90. The molecule has 2 atom stereocenters. The van der Waals surface area contributed by atoms with E-state index in [1.54, 1.807) is 6.21 Å². The number of aliphatic carboxylic acids is 1. The second-order valence-electron chi connectivity index (χ2n) is 8.50. The van der Waals surface area contributed by atoms with Gasteiger partial charge in [-0.3, -0.25) is 0 Å². The SMILES string of the molecule is CCCCCc1cc(O)c2c(c1)OC(C)(C)C1CCC(/C=N/OCC(=O)O)=CC21. The number of carbonyl (C=O) groups is 1. The van der Waals surface area contributed by atoms with Crippen molar-refractivity contribution in [3.8, 4) is 11.5 Å². The van der Waals surface area contributed by atoms with Crippen LogP contribution in [-0.2, 0) is 16.1 Å². The van der Waals surface area contributed by atoms with E-state index in [1.807, 2.05) is 6.07 Å². The number of unbranched alkanes of at least 4 members (excludes halogenated alkanes) is 2. The zero-order valence-corrected chi connectivity index (χ0v) is 17.5. The fourth-order valence-corrected chi connectivity index (χ4v) is 4.47. The number of nitrogens with zero attached hydrogens (tertiary/aromatic N) is 1. The number of fused-ring (bicyclic) bond motifs is 3. The maximum absolute atomic E-state index is 10.8. The van der Waals surface area contributed by atoms with Gasteiger partial charge in [0.2, 0.25) is 6.61 Å². The monoisotopic (exact) mass is 401 g/mol. The third kappa shape index (κ3) is 4.92. The quantitative estimate of drug-likeness (QED) is 0.371. The maximum atomic E-state index is 10.8. The number of ether oxygens (including phenoxy) is 1. The molecule has 6 heteroatoms. The van der Waals surface area contributed by atoms with E-state index < -0.39 is 12.6 Å². The molecule has 3 rings (SSSR count). The van der Waals surface area contributed by atoms with Crippen LogP contribution in [0, 0.1) is 5.92 Å². The lowest BCUT2D eigenvalue weighted by atomic mass is 9.68. The molecule has 2 unspecified atom stereocenters. The lowest BCUT2D eigenvalue weighted by Crippen LogP contribution is -2.45. The molecule has 0 spiro atoms. The topological polar surface area (TPSA) is 88.4 Å². The molecule has 1 heterocycles. The second-order valence-corrected chi connectivity index (χ2v) is 8.50. The Morgan fingerprint density at radius 2 is 2.17 bits per heavy atom. The molecule has 2 N–H and O–H groups in total. The fourth-order valence-electron chi connectivity index (χ4n) is 4.47. The molecule has 0 aromatic heterocycles. The Hall–Kier alpha value is -2.50. The van der Waals surface area contributed by atoms with Gasteiger partial charge in [0.25, 0.3) is 0 Å². The van der Waals surface area contributed by atoms with Crippen molar-refractivity contribution < 1.29 is 24.6 Å². The van der Waals surface area contributed by atoms with Crippen molar-refractivity contribution >= 4 is 12.2 Å². The van der Waals surface area contributed by atoms with Gasteiger partial charge in [0, 0.05) is 17.4 Å². The Morgan fingerprint density at radius 1 is 1.38 bits per heavy atom. The van der Waals surface area contributed by atoms with E-state index >= 15 is 0 Å². The van der Waals surface area contributed by atoms with E-state index in [9.17, 15) is 9.90 Å². The van der Waals surface area contributed by atoms with Crippen molar-refractivity contribution in [2.75, 3.05) is 6.61 Å². The summed E-state index contributed by atoms with van der Waals surface area (Å²) in [6.45, 7) is 5.94. The molecule has 1 aromatic rings. The van der Waals surface area contributed by atoms with Gasteiger partial charge in [-0.25, -0.2) is 4.79 Å². The molecule has 0 amide bonds. The molecule has 1 aliphatic heterocycles. The number of aromatic hydroxyl groups is 1. The molecule has 29 heavy (non-hydrogen) atoms. The molecule has 6 nitrogen and oxygen atoms in total. The van der Waals surface area contributed by atoms with Gasteiger partial charge >= 0.3 is 5.97 Å². The highest BCUT2D eigenvalue weighted by Crippen LogP contribution is 2.53. The van der Waals surface area contributed by atoms with E-state index in [0.29, 0.717) is 0 Å². The molecule has 0 fully saturated rings. The summed E-state index contributed by atoms with van der Waals surface area (Å²) in [6.07, 6.45) is 9.76. The number of phenolic OH excluding ortho intramolecular Hbond substituents is 1. The standard InChI is InChI=1S/C23H31NO5/c1-4-5-6-7-15-11-19(25)22-17-10-16(13-24-28-14-21(26)27)8-9-18(17)23(2,3)29-20(22)12-15/h10-13,17-18,25H,4-9,14H2,1-3H3,(H,26,27)/b24-13+. The van der Waals surface area contributed by atoms with E-state index in [0.717, 1.165) is 54.6 Å². The van der Waals surface area contributed by atoms with Gasteiger partial charge in [-0.2, -0.15) is 0 Å². The van der Waals surface area contributed by atoms with Crippen molar-refractivity contribution in [1.82, 2.24) is 0 Å². The highest BCUT2D eigenvalue weighted by atomic mass is 16.6. The number of carboxylic acid groups (broad SMARTS) is 1. The highest BCUT2D eigenvalue weighted by Gasteiger charge is 2.45. The predicted octanol–water partition coefficient (Wildman–Crippen LogP) is 4.80. The first kappa shape index (κ1) is 21.2. The van der Waals surface area contributed by atoms with Gasteiger partial charge < -0.3 is 19.8 Å². The normalized spacial score (nSPS) is 22.4. The van der Waals surface area contributed by atoms with Crippen LogP contribution in [0.5, 0.6) is 11.5 Å². The molecular formula is C23H31NO5. The van der Waals surface area contributed by atoms with Crippen molar-refractivity contribution in [2.24, 2.45) is 11.1 Å². The third-order valence-electron chi connectivity index (χ3n) is 5.90. The van der Waals surface area contributed by atoms with Crippen LogP contribution in [0.25, 0.3) is 0 Å². The molecular weight excluding hydrogens is 370 g/mol. The van der Waals surface area contributed by atoms with Crippen LogP contribution < -0.4 is 4.74 Å². The second kappa shape index (κ2) is 8.89. The lowest BCUT2D eigenvalue weighted by molar-refractivity contribution is -0.142. The van der Waals surface area contributed by atoms with Crippen LogP contribution in [0.1, 0.15) is 69.9 Å². The molecule has 2 aliphatic rings. The van der Waals surface area contributed by atoms with Gasteiger partial charge in [0.1, 0.15) is 17.1 Å². The van der Waals surface area contributed by atoms with Crippen molar-refractivity contribution in [3.05, 3.63) is 34.9 Å². The minimum atomic E-state index is -1.06. The predicted molar refractivity (Wildman–Crippen MR) is 112 cm³/mol. The van der Waals surface area contributed by atoms with Crippen molar-refractivity contribution in [1.29, 1.82) is 0 Å². The number of phenols is 1. The van der Waals surface area contributed by atoms with E-state index in [4.69, 9.17) is 14.7 Å². The van der Waals surface area contributed by atoms with Crippen LogP contribution >= 0.6 is 0 Å². The molecule has 0 saturated heterocycles. The number of allylic oxidation sites excluding steroid dienone is 2. The van der Waals surface area contributed by atoms with Crippen LogP contribution in [-0.4, -0.2) is 34.6 Å². The summed E-state index contributed by atoms with van der Waals surface area (Å²) in [6, 6.07) is 3.95. The zero-order valence-electron chi connectivity index (χ0n) is 17.5. The number of oxime groups is 1. The van der Waals surface area contributed by atoms with Crippen LogP contribution in [0.3, 0.4) is 0 Å². The van der Waals surface area contributed by atoms with Crippen LogP contribution in [0.4, 0.5) is 0 Å². The van der Waals surface area contributed by atoms with E-state index in [1.165, 1.54) is 6.42 Å². The Bertz CT molecular complexity index is 812. The van der Waals surface area contributed by atoms with Crippen molar-refractivity contribution in [2.45, 2.75) is 70.8 Å². The number of benzene rings is 1. The van der Waals surface area contributed by atoms with Crippen LogP contribution in [0.2, 0.25) is 0 Å². The molecule has 0 saturated carbocycles. The highest BCUT2D eigenvalue weighted by molar-refractivity contribution is 5.79. The molecule has 1 aromatic carbocycles. The number of hydrogen-bond donors (Lipinski definition) is 2. The Morgan fingerprint density at radius 3 is 2.90 bits per heavy atom. The van der Waals surface area contributed by atoms with Crippen molar-refractivity contribution in [3.63, 3.8) is 0 Å². The average Bonchev–Trinajstić information content (AvgIpc) is 2.64.